The Hall–Kier alpha value is -4.19. The summed E-state index contributed by atoms with van der Waals surface area (Å²) in [4.78, 5) is 24.1. The zero-order valence-corrected chi connectivity index (χ0v) is 16.8. The molecule has 0 bridgehead atoms. The highest BCUT2D eigenvalue weighted by molar-refractivity contribution is 5.97. The second-order valence-corrected chi connectivity index (χ2v) is 6.18. The first-order valence-corrected chi connectivity index (χ1v) is 9.43. The summed E-state index contributed by atoms with van der Waals surface area (Å²) in [6.45, 7) is 2.30. The number of ether oxygens (including phenoxy) is 4. The van der Waals surface area contributed by atoms with Crippen LogP contribution in [0.4, 0.5) is 0 Å². The molecule has 160 valence electrons. The van der Waals surface area contributed by atoms with E-state index in [-0.39, 0.29) is 19.9 Å². The van der Waals surface area contributed by atoms with Crippen molar-refractivity contribution in [1.82, 2.24) is 10.7 Å². The zero-order chi connectivity index (χ0) is 22.1. The summed E-state index contributed by atoms with van der Waals surface area (Å²) in [5.41, 5.74) is 3.39. The van der Waals surface area contributed by atoms with Crippen molar-refractivity contribution in [3.8, 4) is 35.3 Å². The van der Waals surface area contributed by atoms with Crippen molar-refractivity contribution in [1.29, 1.82) is 0 Å². The standard InChI is InChI=1S/C22H21N3O6/c1-3-9-29-17-7-5-15(10-19(17)28-4-2)12-24-25-21(26)13-23-22(27)16-6-8-18-20(11-16)31-14-30-18/h1,5-8,10-12H,4,9,13-14H2,2H3,(H,23,27)(H,25,26)/b24-12+. The summed E-state index contributed by atoms with van der Waals surface area (Å²) in [5, 5.41) is 6.41. The fourth-order valence-corrected chi connectivity index (χ4v) is 2.63. The average Bonchev–Trinajstić information content (AvgIpc) is 3.25. The topological polar surface area (TPSA) is 107 Å². The van der Waals surface area contributed by atoms with Gasteiger partial charge in [-0.05, 0) is 48.9 Å². The summed E-state index contributed by atoms with van der Waals surface area (Å²) in [6.07, 6.45) is 6.66. The van der Waals surface area contributed by atoms with Gasteiger partial charge in [0, 0.05) is 5.56 Å². The number of carbonyl (C=O) groups excluding carboxylic acids is 2. The molecule has 1 heterocycles. The molecule has 9 heteroatoms. The largest absolute Gasteiger partial charge is 0.490 e. The third-order valence-electron chi connectivity index (χ3n) is 4.03. The van der Waals surface area contributed by atoms with E-state index in [0.29, 0.717) is 40.7 Å². The quantitative estimate of drug-likeness (QED) is 0.361. The Morgan fingerprint density at radius 1 is 1.16 bits per heavy atom. The molecule has 0 saturated carbocycles. The third-order valence-corrected chi connectivity index (χ3v) is 4.03. The number of rotatable bonds is 9. The lowest BCUT2D eigenvalue weighted by atomic mass is 10.2. The van der Waals surface area contributed by atoms with Gasteiger partial charge in [0.15, 0.2) is 23.0 Å². The van der Waals surface area contributed by atoms with E-state index in [1.54, 1.807) is 36.4 Å². The van der Waals surface area contributed by atoms with Crippen molar-refractivity contribution in [3.63, 3.8) is 0 Å². The monoisotopic (exact) mass is 423 g/mol. The molecule has 2 aromatic carbocycles. The van der Waals surface area contributed by atoms with E-state index in [9.17, 15) is 9.59 Å². The molecule has 1 aliphatic rings. The summed E-state index contributed by atoms with van der Waals surface area (Å²) >= 11 is 0. The number of hydrogen-bond donors (Lipinski definition) is 2. The molecule has 31 heavy (non-hydrogen) atoms. The van der Waals surface area contributed by atoms with Gasteiger partial charge < -0.3 is 24.3 Å². The van der Waals surface area contributed by atoms with Gasteiger partial charge in [-0.15, -0.1) is 6.42 Å². The van der Waals surface area contributed by atoms with Crippen molar-refractivity contribution in [3.05, 3.63) is 47.5 Å². The highest BCUT2D eigenvalue weighted by Crippen LogP contribution is 2.32. The van der Waals surface area contributed by atoms with Crippen molar-refractivity contribution >= 4 is 18.0 Å². The van der Waals surface area contributed by atoms with Crippen LogP contribution in [0.3, 0.4) is 0 Å². The predicted molar refractivity (Wildman–Crippen MR) is 113 cm³/mol. The number of amides is 2. The highest BCUT2D eigenvalue weighted by atomic mass is 16.7. The van der Waals surface area contributed by atoms with Gasteiger partial charge in [-0.3, -0.25) is 9.59 Å². The van der Waals surface area contributed by atoms with Gasteiger partial charge in [0.1, 0.15) is 6.61 Å². The van der Waals surface area contributed by atoms with E-state index in [4.69, 9.17) is 25.4 Å². The molecule has 0 unspecified atom stereocenters. The first-order valence-electron chi connectivity index (χ1n) is 9.43. The molecule has 0 spiro atoms. The summed E-state index contributed by atoms with van der Waals surface area (Å²) in [6, 6.07) is 9.95. The molecule has 9 nitrogen and oxygen atoms in total. The van der Waals surface area contributed by atoms with Crippen LogP contribution in [-0.4, -0.2) is 44.6 Å². The molecule has 1 aliphatic heterocycles. The molecule has 0 saturated heterocycles. The normalized spacial score (nSPS) is 11.6. The number of hydrazone groups is 1. The average molecular weight is 423 g/mol. The lowest BCUT2D eigenvalue weighted by molar-refractivity contribution is -0.120. The minimum Gasteiger partial charge on any atom is -0.490 e. The van der Waals surface area contributed by atoms with Gasteiger partial charge in [-0.1, -0.05) is 5.92 Å². The van der Waals surface area contributed by atoms with E-state index in [1.165, 1.54) is 6.21 Å². The second kappa shape index (κ2) is 10.5. The third kappa shape index (κ3) is 5.90. The van der Waals surface area contributed by atoms with Crippen LogP contribution in [0, 0.1) is 12.3 Å². The molecule has 3 rings (SSSR count). The lowest BCUT2D eigenvalue weighted by Gasteiger charge is -2.10. The first kappa shape index (κ1) is 21.5. The van der Waals surface area contributed by atoms with Crippen LogP contribution in [0.1, 0.15) is 22.8 Å². The van der Waals surface area contributed by atoms with Crippen LogP contribution in [0.25, 0.3) is 0 Å². The van der Waals surface area contributed by atoms with E-state index in [0.717, 1.165) is 0 Å². The van der Waals surface area contributed by atoms with Gasteiger partial charge in [-0.2, -0.15) is 5.10 Å². The van der Waals surface area contributed by atoms with Crippen molar-refractivity contribution in [2.75, 3.05) is 26.6 Å². The van der Waals surface area contributed by atoms with Crippen molar-refractivity contribution < 1.29 is 28.5 Å². The summed E-state index contributed by atoms with van der Waals surface area (Å²) < 4.78 is 21.4. The van der Waals surface area contributed by atoms with Crippen LogP contribution < -0.4 is 29.7 Å². The Labute approximate surface area is 179 Å². The van der Waals surface area contributed by atoms with Gasteiger partial charge >= 0.3 is 0 Å². The number of nitrogens with zero attached hydrogens (tertiary/aromatic N) is 1. The lowest BCUT2D eigenvalue weighted by Crippen LogP contribution is -2.34. The van der Waals surface area contributed by atoms with E-state index < -0.39 is 11.8 Å². The molecule has 0 aromatic heterocycles. The summed E-state index contributed by atoms with van der Waals surface area (Å²) in [7, 11) is 0. The molecule has 2 N–H and O–H groups in total. The van der Waals surface area contributed by atoms with Gasteiger partial charge in [0.25, 0.3) is 11.8 Å². The maximum Gasteiger partial charge on any atom is 0.259 e. The number of benzene rings is 2. The Kier molecular flexibility index (Phi) is 7.32. The minimum atomic E-state index is -0.482. The fraction of sp³-hybridized carbons (Fsp3) is 0.227. The van der Waals surface area contributed by atoms with Crippen molar-refractivity contribution in [2.24, 2.45) is 5.10 Å². The highest BCUT2D eigenvalue weighted by Gasteiger charge is 2.16. The number of nitrogens with one attached hydrogen (secondary N) is 2. The number of carbonyl (C=O) groups is 2. The molecule has 0 radical (unpaired) electrons. The molecular weight excluding hydrogens is 402 g/mol. The van der Waals surface area contributed by atoms with E-state index in [2.05, 4.69) is 21.8 Å². The van der Waals surface area contributed by atoms with Gasteiger partial charge in [0.2, 0.25) is 6.79 Å². The van der Waals surface area contributed by atoms with Crippen LogP contribution >= 0.6 is 0 Å². The molecular formula is C22H21N3O6. The molecule has 0 aliphatic carbocycles. The Morgan fingerprint density at radius 2 is 2.00 bits per heavy atom. The Balaban J connectivity index is 1.50. The maximum absolute atomic E-state index is 12.2. The van der Waals surface area contributed by atoms with Crippen LogP contribution in [0.15, 0.2) is 41.5 Å². The Bertz CT molecular complexity index is 1030. The number of fused-ring (bicyclic) bond motifs is 1. The van der Waals surface area contributed by atoms with Gasteiger partial charge in [0.05, 0.1) is 19.4 Å². The fourth-order valence-electron chi connectivity index (χ4n) is 2.63. The molecule has 2 amide bonds. The maximum atomic E-state index is 12.2. The minimum absolute atomic E-state index is 0.119. The van der Waals surface area contributed by atoms with Crippen LogP contribution in [0.5, 0.6) is 23.0 Å². The van der Waals surface area contributed by atoms with E-state index in [1.807, 2.05) is 6.92 Å². The summed E-state index contributed by atoms with van der Waals surface area (Å²) in [5.74, 6) is 3.60. The first-order chi connectivity index (χ1) is 15.1. The van der Waals surface area contributed by atoms with E-state index >= 15 is 0 Å². The smallest absolute Gasteiger partial charge is 0.259 e. The molecule has 0 atom stereocenters. The molecule has 2 aromatic rings. The van der Waals surface area contributed by atoms with Gasteiger partial charge in [-0.25, -0.2) is 5.43 Å². The van der Waals surface area contributed by atoms with Crippen LogP contribution in [0.2, 0.25) is 0 Å². The van der Waals surface area contributed by atoms with Crippen LogP contribution in [-0.2, 0) is 4.79 Å². The molecule has 0 fully saturated rings. The Morgan fingerprint density at radius 3 is 2.81 bits per heavy atom. The second-order valence-electron chi connectivity index (χ2n) is 6.18. The van der Waals surface area contributed by atoms with Crippen molar-refractivity contribution in [2.45, 2.75) is 6.92 Å². The predicted octanol–water partition coefficient (Wildman–Crippen LogP) is 1.71. The zero-order valence-electron chi connectivity index (χ0n) is 16.8. The SMILES string of the molecule is C#CCOc1ccc(/C=N/NC(=O)CNC(=O)c2ccc3c(c2)OCO3)cc1OCC. The number of terminal acetylenes is 1. The number of hydrogen-bond acceptors (Lipinski definition) is 7.